The van der Waals surface area contributed by atoms with Gasteiger partial charge in [-0.25, -0.2) is 0 Å². The Morgan fingerprint density at radius 2 is 2.45 bits per heavy atom. The van der Waals surface area contributed by atoms with Crippen LogP contribution in [0.2, 0.25) is 0 Å². The molecule has 0 spiro atoms. The van der Waals surface area contributed by atoms with Crippen molar-refractivity contribution in [3.8, 4) is 6.07 Å². The number of hydrogen-bond donors (Lipinski definition) is 1. The summed E-state index contributed by atoms with van der Waals surface area (Å²) >= 11 is 0. The molecule has 0 fully saturated rings. The molecule has 0 bridgehead atoms. The van der Waals surface area contributed by atoms with Gasteiger partial charge in [0.05, 0.1) is 11.8 Å². The fourth-order valence-corrected chi connectivity index (χ4v) is 0.953. The lowest BCUT2D eigenvalue weighted by molar-refractivity contribution is 0.317. The second kappa shape index (κ2) is 3.57. The van der Waals surface area contributed by atoms with Crippen LogP contribution in [0.15, 0.2) is 29.5 Å². The first-order valence-corrected chi connectivity index (χ1v) is 3.32. The first kappa shape index (κ1) is 7.55. The van der Waals surface area contributed by atoms with Gasteiger partial charge in [0, 0.05) is 12.3 Å². The van der Waals surface area contributed by atoms with Crippen LogP contribution in [-0.2, 0) is 0 Å². The van der Waals surface area contributed by atoms with E-state index in [1.54, 1.807) is 12.2 Å². The molecule has 0 aliphatic heterocycles. The van der Waals surface area contributed by atoms with E-state index < -0.39 is 0 Å². The Hall–Kier alpha value is -1.56. The van der Waals surface area contributed by atoms with E-state index in [9.17, 15) is 0 Å². The summed E-state index contributed by atoms with van der Waals surface area (Å²) in [5.74, 6) is -0.0463. The fourth-order valence-electron chi connectivity index (χ4n) is 0.953. The largest absolute Gasteiger partial charge is 0.411 e. The quantitative estimate of drug-likeness (QED) is 0.452. The van der Waals surface area contributed by atoms with Gasteiger partial charge >= 0.3 is 0 Å². The smallest absolute Gasteiger partial charge is 0.0874 e. The van der Waals surface area contributed by atoms with E-state index in [1.807, 2.05) is 18.2 Å². The molecular formula is C8H8N2O. The van der Waals surface area contributed by atoms with E-state index in [4.69, 9.17) is 10.5 Å². The summed E-state index contributed by atoms with van der Waals surface area (Å²) in [5, 5.41) is 19.9. The van der Waals surface area contributed by atoms with Crippen molar-refractivity contribution in [2.45, 2.75) is 6.42 Å². The zero-order chi connectivity index (χ0) is 8.10. The predicted octanol–water partition coefficient (Wildman–Crippen LogP) is 1.47. The van der Waals surface area contributed by atoms with Gasteiger partial charge in [-0.05, 0) is 6.08 Å². The second-order valence-corrected chi connectivity index (χ2v) is 2.24. The summed E-state index contributed by atoms with van der Waals surface area (Å²) in [5.41, 5.74) is 0.550. The summed E-state index contributed by atoms with van der Waals surface area (Å²) in [7, 11) is 0. The number of allylic oxidation sites excluding steroid dienone is 4. The van der Waals surface area contributed by atoms with E-state index >= 15 is 0 Å². The summed E-state index contributed by atoms with van der Waals surface area (Å²) < 4.78 is 0. The molecule has 0 aromatic heterocycles. The van der Waals surface area contributed by atoms with Crippen LogP contribution in [0.25, 0.3) is 0 Å². The van der Waals surface area contributed by atoms with Gasteiger partial charge in [-0.1, -0.05) is 23.4 Å². The number of rotatable bonds is 1. The van der Waals surface area contributed by atoms with E-state index in [0.717, 1.165) is 0 Å². The molecule has 1 aliphatic carbocycles. The third kappa shape index (κ3) is 1.68. The van der Waals surface area contributed by atoms with Gasteiger partial charge in [0.2, 0.25) is 0 Å². The van der Waals surface area contributed by atoms with Crippen LogP contribution in [0.4, 0.5) is 0 Å². The van der Waals surface area contributed by atoms with Gasteiger partial charge in [0.15, 0.2) is 0 Å². The van der Waals surface area contributed by atoms with Crippen molar-refractivity contribution in [2.75, 3.05) is 0 Å². The molecule has 0 aromatic carbocycles. The van der Waals surface area contributed by atoms with Crippen molar-refractivity contribution in [1.29, 1.82) is 5.26 Å². The monoisotopic (exact) mass is 148 g/mol. The molecule has 0 heterocycles. The summed E-state index contributed by atoms with van der Waals surface area (Å²) in [6.07, 6.45) is 7.53. The SMILES string of the molecule is N#CCC1C=CC=CC1=NO. The lowest BCUT2D eigenvalue weighted by Gasteiger charge is -2.08. The summed E-state index contributed by atoms with van der Waals surface area (Å²) in [6, 6.07) is 2.02. The molecule has 11 heavy (non-hydrogen) atoms. The van der Waals surface area contributed by atoms with Crippen LogP contribution in [0.3, 0.4) is 0 Å². The maximum absolute atomic E-state index is 8.48. The summed E-state index contributed by atoms with van der Waals surface area (Å²) in [4.78, 5) is 0. The van der Waals surface area contributed by atoms with E-state index in [0.29, 0.717) is 12.1 Å². The molecular weight excluding hydrogens is 140 g/mol. The normalized spacial score (nSPS) is 25.4. The number of hydrogen-bond acceptors (Lipinski definition) is 3. The Balaban J connectivity index is 2.73. The van der Waals surface area contributed by atoms with Crippen LogP contribution >= 0.6 is 0 Å². The molecule has 0 saturated carbocycles. The number of nitriles is 1. The minimum Gasteiger partial charge on any atom is -0.411 e. The van der Waals surface area contributed by atoms with Gasteiger partial charge in [-0.3, -0.25) is 0 Å². The average molecular weight is 148 g/mol. The zero-order valence-corrected chi connectivity index (χ0v) is 5.94. The Morgan fingerprint density at radius 1 is 1.64 bits per heavy atom. The molecule has 1 aliphatic rings. The van der Waals surface area contributed by atoms with Crippen molar-refractivity contribution in [3.63, 3.8) is 0 Å². The molecule has 1 rings (SSSR count). The molecule has 0 aromatic rings. The number of nitrogens with zero attached hydrogens (tertiary/aromatic N) is 2. The highest BCUT2D eigenvalue weighted by molar-refractivity contribution is 5.98. The van der Waals surface area contributed by atoms with Gasteiger partial charge in [-0.2, -0.15) is 5.26 Å². The van der Waals surface area contributed by atoms with Crippen LogP contribution in [0.1, 0.15) is 6.42 Å². The molecule has 1 unspecified atom stereocenters. The van der Waals surface area contributed by atoms with Crippen molar-refractivity contribution in [2.24, 2.45) is 11.1 Å². The van der Waals surface area contributed by atoms with Crippen LogP contribution in [0, 0.1) is 17.2 Å². The third-order valence-electron chi connectivity index (χ3n) is 1.53. The van der Waals surface area contributed by atoms with Crippen molar-refractivity contribution in [1.82, 2.24) is 0 Å². The second-order valence-electron chi connectivity index (χ2n) is 2.24. The molecule has 1 N–H and O–H groups in total. The molecule has 3 heteroatoms. The first-order chi connectivity index (χ1) is 5.38. The molecule has 3 nitrogen and oxygen atoms in total. The highest BCUT2D eigenvalue weighted by Crippen LogP contribution is 2.12. The lowest BCUT2D eigenvalue weighted by atomic mass is 9.96. The van der Waals surface area contributed by atoms with E-state index in [2.05, 4.69) is 5.16 Å². The Kier molecular flexibility index (Phi) is 2.45. The lowest BCUT2D eigenvalue weighted by Crippen LogP contribution is -2.11. The standard InChI is InChI=1S/C8H8N2O/c9-6-5-7-3-1-2-4-8(7)10-11/h1-4,7,11H,5H2. The van der Waals surface area contributed by atoms with Crippen LogP contribution < -0.4 is 0 Å². The minimum absolute atomic E-state index is 0.0463. The highest BCUT2D eigenvalue weighted by atomic mass is 16.4. The maximum atomic E-state index is 8.48. The topological polar surface area (TPSA) is 56.4 Å². The van der Waals surface area contributed by atoms with E-state index in [1.165, 1.54) is 0 Å². The maximum Gasteiger partial charge on any atom is 0.0874 e. The molecule has 0 saturated heterocycles. The Bertz CT molecular complexity index is 258. The van der Waals surface area contributed by atoms with Crippen LogP contribution in [0.5, 0.6) is 0 Å². The highest BCUT2D eigenvalue weighted by Gasteiger charge is 2.12. The fraction of sp³-hybridized carbons (Fsp3) is 0.250. The number of oxime groups is 1. The van der Waals surface area contributed by atoms with Crippen molar-refractivity contribution >= 4 is 5.71 Å². The van der Waals surface area contributed by atoms with Gasteiger partial charge in [0.25, 0.3) is 0 Å². The first-order valence-electron chi connectivity index (χ1n) is 3.32. The molecule has 56 valence electrons. The Labute approximate surface area is 64.9 Å². The van der Waals surface area contributed by atoms with Gasteiger partial charge in [0.1, 0.15) is 0 Å². The van der Waals surface area contributed by atoms with E-state index in [-0.39, 0.29) is 5.92 Å². The third-order valence-corrected chi connectivity index (χ3v) is 1.53. The van der Waals surface area contributed by atoms with Crippen LogP contribution in [-0.4, -0.2) is 10.9 Å². The minimum atomic E-state index is -0.0463. The predicted molar refractivity (Wildman–Crippen MR) is 41.2 cm³/mol. The van der Waals surface area contributed by atoms with Crippen molar-refractivity contribution in [3.05, 3.63) is 24.3 Å². The molecule has 0 amide bonds. The molecule has 0 radical (unpaired) electrons. The Morgan fingerprint density at radius 3 is 3.09 bits per heavy atom. The van der Waals surface area contributed by atoms with Crippen molar-refractivity contribution < 1.29 is 5.21 Å². The average Bonchev–Trinajstić information content (AvgIpc) is 2.06. The molecule has 1 atom stereocenters. The summed E-state index contributed by atoms with van der Waals surface area (Å²) in [6.45, 7) is 0. The zero-order valence-electron chi connectivity index (χ0n) is 5.94. The van der Waals surface area contributed by atoms with Gasteiger partial charge < -0.3 is 5.21 Å². The van der Waals surface area contributed by atoms with Gasteiger partial charge in [-0.15, -0.1) is 0 Å².